The summed E-state index contributed by atoms with van der Waals surface area (Å²) in [5.74, 6) is -0.425. The van der Waals surface area contributed by atoms with Crippen LogP contribution in [-0.4, -0.2) is 22.2 Å². The predicted molar refractivity (Wildman–Crippen MR) is 60.9 cm³/mol. The standard InChI is InChI=1S/C12H12N2O2/c1-3-16-12(15)9(2)11-8-10-6-4-5-7-14(10)13-11/h4-8H,2-3H2,1H3. The van der Waals surface area contributed by atoms with Crippen molar-refractivity contribution in [2.75, 3.05) is 6.61 Å². The Balaban J connectivity index is 2.33. The van der Waals surface area contributed by atoms with Crippen molar-refractivity contribution in [2.45, 2.75) is 6.92 Å². The molecule has 0 atom stereocenters. The van der Waals surface area contributed by atoms with Gasteiger partial charge in [-0.3, -0.25) is 0 Å². The SMILES string of the molecule is C=C(C(=O)OCC)c1cc2ccccn2n1. The van der Waals surface area contributed by atoms with E-state index in [9.17, 15) is 4.79 Å². The van der Waals surface area contributed by atoms with Gasteiger partial charge in [-0.15, -0.1) is 0 Å². The first-order chi connectivity index (χ1) is 7.72. The second-order valence-electron chi connectivity index (χ2n) is 3.30. The number of fused-ring (bicyclic) bond motifs is 1. The minimum absolute atomic E-state index is 0.283. The minimum atomic E-state index is -0.425. The van der Waals surface area contributed by atoms with Crippen LogP contribution in [0.1, 0.15) is 12.6 Å². The molecule has 0 fully saturated rings. The van der Waals surface area contributed by atoms with Crippen LogP contribution in [0.4, 0.5) is 0 Å². The van der Waals surface area contributed by atoms with Crippen molar-refractivity contribution in [3.63, 3.8) is 0 Å². The van der Waals surface area contributed by atoms with E-state index >= 15 is 0 Å². The molecule has 0 radical (unpaired) electrons. The lowest BCUT2D eigenvalue weighted by Gasteiger charge is -2.00. The van der Waals surface area contributed by atoms with E-state index in [1.54, 1.807) is 17.5 Å². The van der Waals surface area contributed by atoms with Crippen LogP contribution in [0.3, 0.4) is 0 Å². The van der Waals surface area contributed by atoms with Crippen LogP contribution < -0.4 is 0 Å². The van der Waals surface area contributed by atoms with E-state index in [-0.39, 0.29) is 5.57 Å². The molecule has 0 aliphatic rings. The van der Waals surface area contributed by atoms with Gasteiger partial charge in [-0.1, -0.05) is 12.6 Å². The van der Waals surface area contributed by atoms with Crippen molar-refractivity contribution in [3.8, 4) is 0 Å². The number of ether oxygens (including phenoxy) is 1. The van der Waals surface area contributed by atoms with E-state index in [0.717, 1.165) is 5.52 Å². The van der Waals surface area contributed by atoms with Crippen LogP contribution in [0.25, 0.3) is 11.1 Å². The second-order valence-corrected chi connectivity index (χ2v) is 3.30. The molecule has 0 saturated heterocycles. The Morgan fingerprint density at radius 2 is 2.38 bits per heavy atom. The Kier molecular flexibility index (Phi) is 2.72. The van der Waals surface area contributed by atoms with Crippen LogP contribution in [0.5, 0.6) is 0 Å². The first-order valence-corrected chi connectivity index (χ1v) is 5.03. The predicted octanol–water partition coefficient (Wildman–Crippen LogP) is 1.91. The zero-order valence-electron chi connectivity index (χ0n) is 9.01. The number of aromatic nitrogens is 2. The van der Waals surface area contributed by atoms with Crippen molar-refractivity contribution in [1.29, 1.82) is 0 Å². The van der Waals surface area contributed by atoms with E-state index in [0.29, 0.717) is 12.3 Å². The third kappa shape index (κ3) is 1.82. The van der Waals surface area contributed by atoms with Crippen molar-refractivity contribution in [3.05, 3.63) is 42.7 Å². The fourth-order valence-corrected chi connectivity index (χ4v) is 1.41. The number of pyridine rings is 1. The fraction of sp³-hybridized carbons (Fsp3) is 0.167. The number of carbonyl (C=O) groups excluding carboxylic acids is 1. The van der Waals surface area contributed by atoms with Gasteiger partial charge in [0.1, 0.15) is 5.69 Å². The van der Waals surface area contributed by atoms with Gasteiger partial charge in [0.2, 0.25) is 0 Å². The number of hydrogen-bond acceptors (Lipinski definition) is 3. The molecule has 2 aromatic rings. The van der Waals surface area contributed by atoms with Gasteiger partial charge in [-0.05, 0) is 25.1 Å². The molecule has 0 aliphatic heterocycles. The summed E-state index contributed by atoms with van der Waals surface area (Å²) in [4.78, 5) is 11.4. The smallest absolute Gasteiger partial charge is 0.339 e. The van der Waals surface area contributed by atoms with Crippen LogP contribution in [0, 0.1) is 0 Å². The molecule has 0 saturated carbocycles. The molecule has 2 heterocycles. The van der Waals surface area contributed by atoms with E-state index in [1.165, 1.54) is 0 Å². The summed E-state index contributed by atoms with van der Waals surface area (Å²) in [5, 5.41) is 4.23. The zero-order chi connectivity index (χ0) is 11.5. The monoisotopic (exact) mass is 216 g/mol. The number of nitrogens with zero attached hydrogens (tertiary/aromatic N) is 2. The van der Waals surface area contributed by atoms with E-state index in [1.807, 2.05) is 24.4 Å². The van der Waals surface area contributed by atoms with Crippen LogP contribution in [-0.2, 0) is 9.53 Å². The normalized spacial score (nSPS) is 10.3. The number of carbonyl (C=O) groups is 1. The molecule has 2 aromatic heterocycles. The van der Waals surface area contributed by atoms with Gasteiger partial charge in [-0.2, -0.15) is 5.10 Å². The van der Waals surface area contributed by atoms with Gasteiger partial charge in [0, 0.05) is 6.20 Å². The summed E-state index contributed by atoms with van der Waals surface area (Å²) >= 11 is 0. The Morgan fingerprint density at radius 1 is 1.56 bits per heavy atom. The highest BCUT2D eigenvalue weighted by molar-refractivity contribution is 6.15. The average molecular weight is 216 g/mol. The second kappa shape index (κ2) is 4.18. The molecule has 2 rings (SSSR count). The lowest BCUT2D eigenvalue weighted by Crippen LogP contribution is -2.06. The van der Waals surface area contributed by atoms with Gasteiger partial charge in [0.25, 0.3) is 0 Å². The summed E-state index contributed by atoms with van der Waals surface area (Å²) in [6.45, 7) is 5.79. The summed E-state index contributed by atoms with van der Waals surface area (Å²) in [5.41, 5.74) is 1.75. The maximum absolute atomic E-state index is 11.4. The first-order valence-electron chi connectivity index (χ1n) is 5.03. The van der Waals surface area contributed by atoms with Gasteiger partial charge in [0.15, 0.2) is 0 Å². The molecule has 4 heteroatoms. The van der Waals surface area contributed by atoms with Crippen molar-refractivity contribution < 1.29 is 9.53 Å². The molecule has 0 bridgehead atoms. The maximum Gasteiger partial charge on any atom is 0.339 e. The average Bonchev–Trinajstić information content (AvgIpc) is 2.71. The topological polar surface area (TPSA) is 43.6 Å². The molecule has 0 unspecified atom stereocenters. The van der Waals surface area contributed by atoms with Gasteiger partial charge >= 0.3 is 5.97 Å². The number of hydrogen-bond donors (Lipinski definition) is 0. The van der Waals surface area contributed by atoms with E-state index in [4.69, 9.17) is 4.74 Å². The minimum Gasteiger partial charge on any atom is -0.462 e. The van der Waals surface area contributed by atoms with Crippen molar-refractivity contribution >= 4 is 17.1 Å². The molecule has 0 spiro atoms. The largest absolute Gasteiger partial charge is 0.462 e. The molecule has 4 nitrogen and oxygen atoms in total. The molecule has 16 heavy (non-hydrogen) atoms. The molecule has 0 N–H and O–H groups in total. The van der Waals surface area contributed by atoms with Crippen molar-refractivity contribution in [2.24, 2.45) is 0 Å². The molecular formula is C12H12N2O2. The Morgan fingerprint density at radius 3 is 3.06 bits per heavy atom. The summed E-state index contributed by atoms with van der Waals surface area (Å²) in [6.07, 6.45) is 1.82. The number of rotatable bonds is 3. The zero-order valence-corrected chi connectivity index (χ0v) is 9.01. The van der Waals surface area contributed by atoms with Crippen molar-refractivity contribution in [1.82, 2.24) is 9.61 Å². The third-order valence-corrected chi connectivity index (χ3v) is 2.20. The highest BCUT2D eigenvalue weighted by Gasteiger charge is 2.13. The highest BCUT2D eigenvalue weighted by Crippen LogP contribution is 2.14. The van der Waals surface area contributed by atoms with Crippen LogP contribution in [0.15, 0.2) is 37.0 Å². The van der Waals surface area contributed by atoms with Gasteiger partial charge in [0.05, 0.1) is 17.7 Å². The molecule has 82 valence electrons. The van der Waals surface area contributed by atoms with E-state index in [2.05, 4.69) is 11.7 Å². The lowest BCUT2D eigenvalue weighted by atomic mass is 10.2. The molecule has 0 amide bonds. The maximum atomic E-state index is 11.4. The van der Waals surface area contributed by atoms with E-state index < -0.39 is 5.97 Å². The molecule has 0 aromatic carbocycles. The third-order valence-electron chi connectivity index (χ3n) is 2.20. The summed E-state index contributed by atoms with van der Waals surface area (Å²) < 4.78 is 6.56. The Hall–Kier alpha value is -2.10. The Labute approximate surface area is 93.1 Å². The Bertz CT molecular complexity index is 510. The van der Waals surface area contributed by atoms with Gasteiger partial charge in [-0.25, -0.2) is 9.31 Å². The molecule has 0 aliphatic carbocycles. The van der Waals surface area contributed by atoms with Crippen LogP contribution >= 0.6 is 0 Å². The highest BCUT2D eigenvalue weighted by atomic mass is 16.5. The summed E-state index contributed by atoms with van der Waals surface area (Å²) in [6, 6.07) is 7.50. The quantitative estimate of drug-likeness (QED) is 0.581. The van der Waals surface area contributed by atoms with Crippen LogP contribution in [0.2, 0.25) is 0 Å². The first kappa shape index (κ1) is 10.4. The summed E-state index contributed by atoms with van der Waals surface area (Å²) in [7, 11) is 0. The lowest BCUT2D eigenvalue weighted by molar-refractivity contribution is -0.136. The fourth-order valence-electron chi connectivity index (χ4n) is 1.41. The van der Waals surface area contributed by atoms with Gasteiger partial charge < -0.3 is 4.74 Å². The number of esters is 1. The molecular weight excluding hydrogens is 204 g/mol.